The summed E-state index contributed by atoms with van der Waals surface area (Å²) in [5.41, 5.74) is 0. The number of rotatable bonds is 0. The summed E-state index contributed by atoms with van der Waals surface area (Å²) in [6.07, 6.45) is 0. The van der Waals surface area contributed by atoms with E-state index in [1.54, 1.807) is 0 Å². The zero-order chi connectivity index (χ0) is 6.50. The van der Waals surface area contributed by atoms with Crippen LogP contribution < -0.4 is 0 Å². The molecule has 0 amide bonds. The molecule has 0 heterocycles. The van der Waals surface area contributed by atoms with Gasteiger partial charge in [0.05, 0.1) is 0 Å². The van der Waals surface area contributed by atoms with E-state index < -0.39 is 10.4 Å². The van der Waals surface area contributed by atoms with Crippen LogP contribution in [0.1, 0.15) is 0 Å². The molecule has 0 aromatic heterocycles. The molecule has 0 saturated carbocycles. The van der Waals surface area contributed by atoms with Gasteiger partial charge in [0.1, 0.15) is 0 Å². The van der Waals surface area contributed by atoms with Crippen molar-refractivity contribution >= 4 is 33.4 Å². The Kier molecular flexibility index (Phi) is 6.94. The van der Waals surface area contributed by atoms with Crippen molar-refractivity contribution in [2.45, 2.75) is 0 Å². The van der Waals surface area contributed by atoms with Gasteiger partial charge in [-0.1, -0.05) is 0 Å². The van der Waals surface area contributed by atoms with Crippen LogP contribution in [0.4, 0.5) is 0 Å². The van der Waals surface area contributed by atoms with Crippen molar-refractivity contribution < 1.29 is 20.5 Å². The maximum atomic E-state index is 8.52. The standard InChI is InChI=1S/H2O4S.O.Sb/c1-5(2,3)4;;/h(H2,1,2,3,4);;/q;;+2/p-2. The van der Waals surface area contributed by atoms with Crippen LogP contribution >= 0.6 is 0 Å². The Morgan fingerprint density at radius 3 is 1.14 bits per heavy atom. The monoisotopic (exact) mass is 233 g/mol. The maximum absolute atomic E-state index is 8.52. The first-order chi connectivity index (χ1) is 3.00. The van der Waals surface area contributed by atoms with Crippen LogP contribution in [0, 0.1) is 0 Å². The Morgan fingerprint density at radius 2 is 1.14 bits per heavy atom. The molecular weight excluding hydrogens is 234 g/mol. The molecule has 0 rings (SSSR count). The molecule has 5 nitrogen and oxygen atoms in total. The molecule has 0 aliphatic heterocycles. The molecule has 41 valence electrons. The van der Waals surface area contributed by atoms with Gasteiger partial charge < -0.3 is 9.11 Å². The van der Waals surface area contributed by atoms with Crippen LogP contribution in [0.3, 0.4) is 0 Å². The van der Waals surface area contributed by atoms with E-state index in [4.69, 9.17) is 20.5 Å². The van der Waals surface area contributed by atoms with Gasteiger partial charge in [-0.25, -0.2) is 0 Å². The van der Waals surface area contributed by atoms with Gasteiger partial charge in [-0.3, -0.25) is 8.42 Å². The Morgan fingerprint density at radius 1 is 1.14 bits per heavy atom. The Bertz CT molecular complexity index is 102. The van der Waals surface area contributed by atoms with Crippen molar-refractivity contribution in [3.63, 3.8) is 0 Å². The zero-order valence-electron chi connectivity index (χ0n) is 2.90. The first-order valence-corrected chi connectivity index (χ1v) is 3.22. The summed E-state index contributed by atoms with van der Waals surface area (Å²) in [6, 6.07) is 0. The molecule has 0 aromatic rings. The molecule has 0 aromatic carbocycles. The molecule has 0 aliphatic rings. The van der Waals surface area contributed by atoms with Gasteiger partial charge in [0.25, 0.3) is 0 Å². The third-order valence-electron chi connectivity index (χ3n) is 0. The first-order valence-electron chi connectivity index (χ1n) is 0.849. The Hall–Kier alpha value is 0.488. The average molecular weight is 234 g/mol. The Balaban J connectivity index is 0. The van der Waals surface area contributed by atoms with Crippen molar-refractivity contribution in [1.82, 2.24) is 0 Å². The fraction of sp³-hybridized carbons (Fsp3) is 0. The topological polar surface area (TPSA) is 97.3 Å². The zero-order valence-corrected chi connectivity index (χ0v) is 6.27. The van der Waals surface area contributed by atoms with E-state index in [0.717, 1.165) is 0 Å². The van der Waals surface area contributed by atoms with E-state index in [1.807, 2.05) is 0 Å². The Labute approximate surface area is 54.2 Å². The molecule has 0 atom stereocenters. The van der Waals surface area contributed by atoms with E-state index in [2.05, 4.69) is 0 Å². The van der Waals surface area contributed by atoms with E-state index in [-0.39, 0.29) is 0 Å². The van der Waals surface area contributed by atoms with Crippen LogP contribution in [0.5, 0.6) is 0 Å². The van der Waals surface area contributed by atoms with Gasteiger partial charge in [-0.05, 0) is 0 Å². The van der Waals surface area contributed by atoms with Crippen molar-refractivity contribution in [1.29, 1.82) is 0 Å². The average Bonchev–Trinajstić information content (AvgIpc) is 1.36. The molecule has 0 saturated heterocycles. The molecule has 1 radical (unpaired) electrons. The normalized spacial score (nSPS) is 8.71. The minimum absolute atomic E-state index is 0.500. The number of hydrogen-bond acceptors (Lipinski definition) is 5. The summed E-state index contributed by atoms with van der Waals surface area (Å²) < 4.78 is 42.4. The van der Waals surface area contributed by atoms with E-state index in [9.17, 15) is 0 Å². The SMILES string of the molecule is O=S(=O)([O-])[O-].[O]=[Sb+2]. The van der Waals surface area contributed by atoms with E-state index >= 15 is 0 Å². The molecule has 0 spiro atoms. The second-order valence-electron chi connectivity index (χ2n) is 0.408. The van der Waals surface area contributed by atoms with Crippen LogP contribution in [-0.4, -0.2) is 40.5 Å². The fourth-order valence-corrected chi connectivity index (χ4v) is 0. The second kappa shape index (κ2) is 4.64. The van der Waals surface area contributed by atoms with Gasteiger partial charge >= 0.3 is 26.0 Å². The number of hydrogen-bond donors (Lipinski definition) is 0. The van der Waals surface area contributed by atoms with Crippen molar-refractivity contribution in [3.8, 4) is 0 Å². The van der Waals surface area contributed by atoms with Gasteiger partial charge in [0.15, 0.2) is 0 Å². The molecule has 0 bridgehead atoms. The van der Waals surface area contributed by atoms with Crippen molar-refractivity contribution in [2.24, 2.45) is 0 Å². The van der Waals surface area contributed by atoms with Crippen LogP contribution in [0.15, 0.2) is 0 Å². The van der Waals surface area contributed by atoms with Gasteiger partial charge in [-0.2, -0.15) is 0 Å². The molecule has 0 aliphatic carbocycles. The van der Waals surface area contributed by atoms with E-state index in [1.165, 1.54) is 0 Å². The predicted octanol–water partition coefficient (Wildman–Crippen LogP) is -1.84. The summed E-state index contributed by atoms with van der Waals surface area (Å²) in [6.45, 7) is 0. The summed E-state index contributed by atoms with van der Waals surface area (Å²) in [7, 11) is -5.17. The molecule has 7 heavy (non-hydrogen) atoms. The molecule has 0 unspecified atom stereocenters. The molecule has 0 fully saturated rings. The van der Waals surface area contributed by atoms with Crippen LogP contribution in [0.2, 0.25) is 0 Å². The summed E-state index contributed by atoms with van der Waals surface area (Å²) in [4.78, 5) is 0. The first kappa shape index (κ1) is 10.5. The summed E-state index contributed by atoms with van der Waals surface area (Å²) in [5.74, 6) is 0. The van der Waals surface area contributed by atoms with Crippen LogP contribution in [-0.2, 0) is 13.4 Å². The predicted molar refractivity (Wildman–Crippen MR) is 16.9 cm³/mol. The quantitative estimate of drug-likeness (QED) is 0.278. The second-order valence-corrected chi connectivity index (χ2v) is 1.22. The molecule has 0 N–H and O–H groups in total. The minimum atomic E-state index is -5.17. The van der Waals surface area contributed by atoms with Crippen LogP contribution in [0.25, 0.3) is 0 Å². The third-order valence-corrected chi connectivity index (χ3v) is 0. The van der Waals surface area contributed by atoms with E-state index in [0.29, 0.717) is 23.0 Å². The molecule has 7 heteroatoms. The third kappa shape index (κ3) is 548. The summed E-state index contributed by atoms with van der Waals surface area (Å²) in [5, 5.41) is 0. The van der Waals surface area contributed by atoms with Gasteiger partial charge in [0, 0.05) is 10.4 Å². The molecular formula is O5SSb. The van der Waals surface area contributed by atoms with Crippen molar-refractivity contribution in [3.05, 3.63) is 0 Å². The van der Waals surface area contributed by atoms with Gasteiger partial charge in [0.2, 0.25) is 0 Å². The van der Waals surface area contributed by atoms with Gasteiger partial charge in [-0.15, -0.1) is 0 Å². The fourth-order valence-electron chi connectivity index (χ4n) is 0. The van der Waals surface area contributed by atoms with Crippen molar-refractivity contribution in [2.75, 3.05) is 0 Å². The summed E-state index contributed by atoms with van der Waals surface area (Å²) >= 11 is 0.500.